The van der Waals surface area contributed by atoms with Crippen LogP contribution >= 0.6 is 0 Å². The molecule has 0 bridgehead atoms. The number of benzene rings is 1. The summed E-state index contributed by atoms with van der Waals surface area (Å²) in [6.45, 7) is 2.34. The minimum Gasteiger partial charge on any atom is -0.393 e. The molecule has 1 aliphatic carbocycles. The van der Waals surface area contributed by atoms with Crippen molar-refractivity contribution in [3.05, 3.63) is 35.1 Å². The summed E-state index contributed by atoms with van der Waals surface area (Å²) in [5, 5.41) is 12.2. The lowest BCUT2D eigenvalue weighted by Crippen LogP contribution is -2.32. The third-order valence-electron chi connectivity index (χ3n) is 3.74. The van der Waals surface area contributed by atoms with E-state index in [0.717, 1.165) is 31.2 Å². The van der Waals surface area contributed by atoms with Crippen LogP contribution in [0.1, 0.15) is 41.6 Å². The Kier molecular flexibility index (Phi) is 4.53. The van der Waals surface area contributed by atoms with Gasteiger partial charge in [0.25, 0.3) is 5.91 Å². The molecular weight excluding hydrogens is 245 g/mol. The van der Waals surface area contributed by atoms with E-state index < -0.39 is 5.82 Å². The van der Waals surface area contributed by atoms with Crippen LogP contribution in [0.5, 0.6) is 0 Å². The van der Waals surface area contributed by atoms with Gasteiger partial charge in [0.2, 0.25) is 0 Å². The molecule has 1 aliphatic rings. The summed E-state index contributed by atoms with van der Waals surface area (Å²) in [5.74, 6) is -0.443. The molecule has 0 heterocycles. The Balaban J connectivity index is 1.87. The van der Waals surface area contributed by atoms with Gasteiger partial charge in [0.05, 0.1) is 11.7 Å². The molecule has 1 aromatic rings. The molecule has 0 spiro atoms. The molecule has 2 rings (SSSR count). The second-order valence-corrected chi connectivity index (χ2v) is 5.37. The van der Waals surface area contributed by atoms with Crippen LogP contribution in [0.3, 0.4) is 0 Å². The molecule has 1 fully saturated rings. The second-order valence-electron chi connectivity index (χ2n) is 5.37. The molecule has 104 valence electrons. The van der Waals surface area contributed by atoms with E-state index in [-0.39, 0.29) is 17.6 Å². The van der Waals surface area contributed by atoms with Crippen molar-refractivity contribution in [2.24, 2.45) is 5.92 Å². The van der Waals surface area contributed by atoms with Gasteiger partial charge in [0, 0.05) is 6.54 Å². The number of hydrogen-bond donors (Lipinski definition) is 2. The standard InChI is InChI=1S/C15H20FNO2/c1-10-2-7-13(14(16)8-10)15(19)17-9-11-3-5-12(18)6-4-11/h2,7-8,11-12,18H,3-6,9H2,1H3,(H,17,19). The highest BCUT2D eigenvalue weighted by Crippen LogP contribution is 2.23. The fourth-order valence-electron chi connectivity index (χ4n) is 2.49. The smallest absolute Gasteiger partial charge is 0.254 e. The molecule has 0 aliphatic heterocycles. The third-order valence-corrected chi connectivity index (χ3v) is 3.74. The summed E-state index contributed by atoms with van der Waals surface area (Å²) in [4.78, 5) is 11.9. The molecule has 1 aromatic carbocycles. The zero-order valence-electron chi connectivity index (χ0n) is 11.2. The maximum Gasteiger partial charge on any atom is 0.254 e. The van der Waals surface area contributed by atoms with Crippen LogP contribution in [0.4, 0.5) is 4.39 Å². The van der Waals surface area contributed by atoms with Crippen LogP contribution in [0.15, 0.2) is 18.2 Å². The van der Waals surface area contributed by atoms with Gasteiger partial charge >= 0.3 is 0 Å². The lowest BCUT2D eigenvalue weighted by molar-refractivity contribution is 0.0907. The van der Waals surface area contributed by atoms with E-state index in [9.17, 15) is 14.3 Å². The van der Waals surface area contributed by atoms with Crippen LogP contribution in [-0.4, -0.2) is 23.7 Å². The summed E-state index contributed by atoms with van der Waals surface area (Å²) in [6, 6.07) is 4.62. The van der Waals surface area contributed by atoms with E-state index in [0.29, 0.717) is 12.5 Å². The Morgan fingerprint density at radius 2 is 2.05 bits per heavy atom. The highest BCUT2D eigenvalue weighted by Gasteiger charge is 2.20. The number of rotatable bonds is 3. The van der Waals surface area contributed by atoms with Gasteiger partial charge in [0.1, 0.15) is 5.82 Å². The van der Waals surface area contributed by atoms with Crippen LogP contribution in [0.25, 0.3) is 0 Å². The summed E-state index contributed by atoms with van der Waals surface area (Å²) in [6.07, 6.45) is 3.22. The van der Waals surface area contributed by atoms with Gasteiger partial charge in [-0.25, -0.2) is 4.39 Å². The number of nitrogens with one attached hydrogen (secondary N) is 1. The van der Waals surface area contributed by atoms with E-state index in [1.54, 1.807) is 13.0 Å². The van der Waals surface area contributed by atoms with Crippen LogP contribution in [-0.2, 0) is 0 Å². The van der Waals surface area contributed by atoms with Crippen molar-refractivity contribution in [2.45, 2.75) is 38.7 Å². The second kappa shape index (κ2) is 6.15. The Labute approximate surface area is 112 Å². The van der Waals surface area contributed by atoms with Gasteiger partial charge in [-0.1, -0.05) is 6.07 Å². The summed E-state index contributed by atoms with van der Waals surface area (Å²) in [7, 11) is 0. The van der Waals surface area contributed by atoms with Gasteiger partial charge in [-0.2, -0.15) is 0 Å². The lowest BCUT2D eigenvalue weighted by atomic mass is 9.87. The van der Waals surface area contributed by atoms with Gasteiger partial charge in [-0.15, -0.1) is 0 Å². The maximum absolute atomic E-state index is 13.6. The van der Waals surface area contributed by atoms with Crippen molar-refractivity contribution >= 4 is 5.91 Å². The number of aliphatic hydroxyl groups is 1. The number of aliphatic hydroxyl groups excluding tert-OH is 1. The van der Waals surface area contributed by atoms with Crippen molar-refractivity contribution in [1.29, 1.82) is 0 Å². The highest BCUT2D eigenvalue weighted by molar-refractivity contribution is 5.94. The number of aryl methyl sites for hydroxylation is 1. The summed E-state index contributed by atoms with van der Waals surface area (Å²) in [5.41, 5.74) is 0.900. The zero-order chi connectivity index (χ0) is 13.8. The van der Waals surface area contributed by atoms with Gasteiger partial charge in [-0.05, 0) is 56.2 Å². The summed E-state index contributed by atoms with van der Waals surface area (Å²) < 4.78 is 13.6. The first kappa shape index (κ1) is 14.0. The Hall–Kier alpha value is -1.42. The van der Waals surface area contributed by atoms with Gasteiger partial charge in [-0.3, -0.25) is 4.79 Å². The largest absolute Gasteiger partial charge is 0.393 e. The Morgan fingerprint density at radius 1 is 1.37 bits per heavy atom. The molecule has 0 unspecified atom stereocenters. The number of carbonyl (C=O) groups is 1. The molecule has 3 nitrogen and oxygen atoms in total. The molecule has 1 amide bonds. The van der Waals surface area contributed by atoms with E-state index in [4.69, 9.17) is 0 Å². The molecule has 19 heavy (non-hydrogen) atoms. The monoisotopic (exact) mass is 265 g/mol. The first-order valence-electron chi connectivity index (χ1n) is 6.78. The third kappa shape index (κ3) is 3.77. The van der Waals surface area contributed by atoms with Crippen molar-refractivity contribution in [3.8, 4) is 0 Å². The van der Waals surface area contributed by atoms with Crippen LogP contribution < -0.4 is 5.32 Å². The summed E-state index contributed by atoms with van der Waals surface area (Å²) >= 11 is 0. The minimum absolute atomic E-state index is 0.0986. The average molecular weight is 265 g/mol. The quantitative estimate of drug-likeness (QED) is 0.881. The van der Waals surface area contributed by atoms with E-state index in [1.807, 2.05) is 0 Å². The fourth-order valence-corrected chi connectivity index (χ4v) is 2.49. The number of halogens is 1. The normalized spacial score (nSPS) is 23.1. The van der Waals surface area contributed by atoms with Gasteiger partial charge in [0.15, 0.2) is 0 Å². The fraction of sp³-hybridized carbons (Fsp3) is 0.533. The molecule has 0 saturated heterocycles. The average Bonchev–Trinajstić information content (AvgIpc) is 2.37. The Morgan fingerprint density at radius 3 is 2.68 bits per heavy atom. The first-order valence-corrected chi connectivity index (χ1v) is 6.78. The van der Waals surface area contributed by atoms with E-state index in [1.165, 1.54) is 12.1 Å². The highest BCUT2D eigenvalue weighted by atomic mass is 19.1. The molecule has 4 heteroatoms. The first-order chi connectivity index (χ1) is 9.06. The predicted octanol–water partition coefficient (Wildman–Crippen LogP) is 2.42. The molecule has 0 atom stereocenters. The lowest BCUT2D eigenvalue weighted by Gasteiger charge is -2.25. The maximum atomic E-state index is 13.6. The van der Waals surface area contributed by atoms with Crippen molar-refractivity contribution in [1.82, 2.24) is 5.32 Å². The SMILES string of the molecule is Cc1ccc(C(=O)NCC2CCC(O)CC2)c(F)c1. The van der Waals surface area contributed by atoms with Crippen molar-refractivity contribution in [2.75, 3.05) is 6.54 Å². The topological polar surface area (TPSA) is 49.3 Å². The zero-order valence-corrected chi connectivity index (χ0v) is 11.2. The van der Waals surface area contributed by atoms with Crippen molar-refractivity contribution in [3.63, 3.8) is 0 Å². The van der Waals surface area contributed by atoms with Gasteiger partial charge < -0.3 is 10.4 Å². The van der Waals surface area contributed by atoms with Crippen LogP contribution in [0, 0.1) is 18.7 Å². The molecule has 0 radical (unpaired) electrons. The molecule has 1 saturated carbocycles. The van der Waals surface area contributed by atoms with Crippen molar-refractivity contribution < 1.29 is 14.3 Å². The Bertz CT molecular complexity index is 453. The predicted molar refractivity (Wildman–Crippen MR) is 71.4 cm³/mol. The van der Waals surface area contributed by atoms with E-state index >= 15 is 0 Å². The molecular formula is C15H20FNO2. The number of carbonyl (C=O) groups excluding carboxylic acids is 1. The minimum atomic E-state index is -0.475. The number of amides is 1. The molecule has 0 aromatic heterocycles. The molecule has 2 N–H and O–H groups in total. The number of hydrogen-bond acceptors (Lipinski definition) is 2. The van der Waals surface area contributed by atoms with Crippen LogP contribution in [0.2, 0.25) is 0 Å². The van der Waals surface area contributed by atoms with E-state index in [2.05, 4.69) is 5.32 Å².